The predicted molar refractivity (Wildman–Crippen MR) is 230 cm³/mol. The summed E-state index contributed by atoms with van der Waals surface area (Å²) in [5.74, 6) is -1.32. The van der Waals surface area contributed by atoms with Crippen LogP contribution in [-0.2, 0) is 73.9 Å². The van der Waals surface area contributed by atoms with Gasteiger partial charge in [0.05, 0.1) is 45.2 Å². The molecule has 7 rings (SSSR count). The van der Waals surface area contributed by atoms with E-state index in [0.29, 0.717) is 5.56 Å². The van der Waals surface area contributed by atoms with Crippen molar-refractivity contribution in [3.8, 4) is 0 Å². The Kier molecular flexibility index (Phi) is 16.4. The van der Waals surface area contributed by atoms with E-state index in [2.05, 4.69) is 10.0 Å². The maximum Gasteiger partial charge on any atom is 0.338 e. The van der Waals surface area contributed by atoms with Crippen molar-refractivity contribution in [1.29, 1.82) is 0 Å². The number of rotatable bonds is 19. The molecule has 14 heteroatoms. The van der Waals surface area contributed by atoms with E-state index >= 15 is 0 Å². The van der Waals surface area contributed by atoms with E-state index < -0.39 is 73.1 Å². The highest BCUT2D eigenvalue weighted by molar-refractivity contribution is 5.89. The number of hydrogen-bond donors (Lipinski definition) is 0. The van der Waals surface area contributed by atoms with Crippen LogP contribution in [0.15, 0.2) is 157 Å². The second kappa shape index (κ2) is 23.0. The molecule has 10 atom stereocenters. The van der Waals surface area contributed by atoms with Crippen molar-refractivity contribution < 1.29 is 52.2 Å². The fourth-order valence-electron chi connectivity index (χ4n) is 7.64. The summed E-state index contributed by atoms with van der Waals surface area (Å²) in [4.78, 5) is 30.3. The first-order valence-corrected chi connectivity index (χ1v) is 20.8. The van der Waals surface area contributed by atoms with Gasteiger partial charge in [0.25, 0.3) is 0 Å². The third-order valence-electron chi connectivity index (χ3n) is 10.8. The minimum Gasteiger partial charge on any atom is -0.467 e. The molecule has 2 saturated heterocycles. The lowest BCUT2D eigenvalue weighted by atomic mass is 9.93. The van der Waals surface area contributed by atoms with Crippen molar-refractivity contribution >= 4 is 11.9 Å². The van der Waals surface area contributed by atoms with Gasteiger partial charge in [0, 0.05) is 4.91 Å². The molecule has 0 bridgehead atoms. The van der Waals surface area contributed by atoms with Crippen molar-refractivity contribution in [1.82, 2.24) is 0 Å². The largest absolute Gasteiger partial charge is 0.467 e. The van der Waals surface area contributed by atoms with Crippen molar-refractivity contribution in [3.05, 3.63) is 190 Å². The van der Waals surface area contributed by atoms with Crippen LogP contribution in [0.2, 0.25) is 0 Å². The van der Waals surface area contributed by atoms with E-state index in [9.17, 15) is 15.1 Å². The first-order chi connectivity index (χ1) is 30.9. The van der Waals surface area contributed by atoms with Crippen LogP contribution in [-0.4, -0.2) is 86.8 Å². The van der Waals surface area contributed by atoms with Gasteiger partial charge in [0.15, 0.2) is 12.4 Å². The molecule has 0 aromatic heterocycles. The normalized spacial score (nSPS) is 25.6. The van der Waals surface area contributed by atoms with Crippen LogP contribution in [0.1, 0.15) is 39.5 Å². The Morgan fingerprint density at radius 3 is 1.51 bits per heavy atom. The van der Waals surface area contributed by atoms with E-state index in [1.807, 2.05) is 121 Å². The number of hydrogen-bond acceptors (Lipinski definition) is 12. The number of esters is 2. The molecule has 5 aromatic rings. The number of benzene rings is 5. The average Bonchev–Trinajstić information content (AvgIpc) is 3.33. The van der Waals surface area contributed by atoms with Gasteiger partial charge in [-0.25, -0.2) is 9.59 Å². The smallest absolute Gasteiger partial charge is 0.338 e. The molecular formula is C49H51N3O11. The van der Waals surface area contributed by atoms with Crippen LogP contribution in [0.4, 0.5) is 0 Å². The van der Waals surface area contributed by atoms with Crippen LogP contribution in [0.25, 0.3) is 10.4 Å². The minimum absolute atomic E-state index is 0.0877. The number of azide groups is 1. The molecular weight excluding hydrogens is 807 g/mol. The number of nitrogens with zero attached hydrogens (tertiary/aromatic N) is 3. The second-order valence-corrected chi connectivity index (χ2v) is 15.1. The number of carbonyl (C=O) groups excluding carboxylic acids is 2. The molecule has 0 N–H and O–H groups in total. The predicted octanol–water partition coefficient (Wildman–Crippen LogP) is 7.93. The third kappa shape index (κ3) is 12.2. The maximum atomic E-state index is 13.7. The summed E-state index contributed by atoms with van der Waals surface area (Å²) in [5, 5.41) is 4.21. The van der Waals surface area contributed by atoms with Crippen LogP contribution in [0, 0.1) is 0 Å². The van der Waals surface area contributed by atoms with Gasteiger partial charge in [-0.1, -0.05) is 145 Å². The Labute approximate surface area is 366 Å². The molecule has 0 spiro atoms. The lowest BCUT2D eigenvalue weighted by Crippen LogP contribution is -2.66. The lowest BCUT2D eigenvalue weighted by Gasteiger charge is -2.49. The summed E-state index contributed by atoms with van der Waals surface area (Å²) < 4.78 is 57.6. The molecule has 4 unspecified atom stereocenters. The van der Waals surface area contributed by atoms with E-state index in [0.717, 1.165) is 22.3 Å². The van der Waals surface area contributed by atoms with E-state index in [1.165, 1.54) is 7.11 Å². The lowest BCUT2D eigenvalue weighted by molar-refractivity contribution is -0.330. The van der Waals surface area contributed by atoms with Gasteiger partial charge in [-0.2, -0.15) is 0 Å². The molecule has 328 valence electrons. The minimum atomic E-state index is -1.44. The summed E-state index contributed by atoms with van der Waals surface area (Å²) in [6.07, 6.45) is -9.54. The highest BCUT2D eigenvalue weighted by Crippen LogP contribution is 2.36. The summed E-state index contributed by atoms with van der Waals surface area (Å²) in [7, 11) is 1.25. The molecule has 14 nitrogen and oxygen atoms in total. The van der Waals surface area contributed by atoms with Gasteiger partial charge in [-0.05, 0) is 46.8 Å². The monoisotopic (exact) mass is 857 g/mol. The van der Waals surface area contributed by atoms with Crippen LogP contribution in [0.3, 0.4) is 0 Å². The topological polar surface area (TPSA) is 166 Å². The third-order valence-corrected chi connectivity index (χ3v) is 10.8. The van der Waals surface area contributed by atoms with Crippen LogP contribution < -0.4 is 0 Å². The Bertz CT molecular complexity index is 2200. The van der Waals surface area contributed by atoms with Gasteiger partial charge < -0.3 is 42.6 Å². The zero-order valence-corrected chi connectivity index (χ0v) is 35.1. The van der Waals surface area contributed by atoms with E-state index in [-0.39, 0.29) is 33.0 Å². The number of methoxy groups -OCH3 is 1. The first-order valence-electron chi connectivity index (χ1n) is 20.8. The zero-order chi connectivity index (χ0) is 43.8. The Hall–Kier alpha value is -5.93. The molecule has 0 aliphatic carbocycles. The molecule has 2 aliphatic rings. The molecule has 2 heterocycles. The summed E-state index contributed by atoms with van der Waals surface area (Å²) in [6, 6.07) is 45.5. The molecule has 2 fully saturated rings. The molecule has 2 aliphatic heterocycles. The van der Waals surface area contributed by atoms with Crippen molar-refractivity contribution in [2.45, 2.75) is 94.5 Å². The Morgan fingerprint density at radius 2 is 1.03 bits per heavy atom. The fourth-order valence-corrected chi connectivity index (χ4v) is 7.64. The Morgan fingerprint density at radius 1 is 0.587 bits per heavy atom. The fraction of sp³-hybridized carbons (Fsp3) is 0.347. The van der Waals surface area contributed by atoms with Crippen LogP contribution >= 0.6 is 0 Å². The molecule has 0 radical (unpaired) electrons. The van der Waals surface area contributed by atoms with E-state index in [1.54, 1.807) is 37.3 Å². The highest BCUT2D eigenvalue weighted by Gasteiger charge is 2.55. The van der Waals surface area contributed by atoms with Gasteiger partial charge in [0.1, 0.15) is 49.3 Å². The number of carbonyl (C=O) groups is 2. The van der Waals surface area contributed by atoms with Crippen molar-refractivity contribution in [2.24, 2.45) is 5.11 Å². The van der Waals surface area contributed by atoms with Gasteiger partial charge >= 0.3 is 11.9 Å². The SMILES string of the molecule is COC(=O)C1O[C@H](C)C(OCc2ccccc2)[C@@H](OCc2ccccc2)[C@@H]1O[C@H]1OC(COC(=O)c2ccccc2)[C@H](OCc2ccccc2)[C@H](OCc2ccccc2)C1N=[N+]=[N-]. The van der Waals surface area contributed by atoms with Crippen molar-refractivity contribution in [2.75, 3.05) is 13.7 Å². The quantitative estimate of drug-likeness (QED) is 0.0343. The highest BCUT2D eigenvalue weighted by atomic mass is 16.7. The van der Waals surface area contributed by atoms with Gasteiger partial charge in [-0.3, -0.25) is 0 Å². The van der Waals surface area contributed by atoms with E-state index in [4.69, 9.17) is 42.6 Å². The second-order valence-electron chi connectivity index (χ2n) is 15.1. The molecule has 5 aromatic carbocycles. The molecule has 63 heavy (non-hydrogen) atoms. The zero-order valence-electron chi connectivity index (χ0n) is 35.1. The summed E-state index contributed by atoms with van der Waals surface area (Å²) in [5.41, 5.74) is 13.9. The van der Waals surface area contributed by atoms with Crippen LogP contribution in [0.5, 0.6) is 0 Å². The standard InChI is InChI=1S/C49H51N3O11/c1-33-41(56-28-34-18-8-3-9-19-34)44(59-31-37-24-14-6-15-25-37)45(46(61-33)48(54)55-2)63-49-40(51-52-50)43(58-30-36-22-12-5-13-23-36)42(57-29-35-20-10-4-11-21-35)39(62-49)32-60-47(53)38-26-16-7-17-27-38/h3-27,33,39-46,49H,28-32H2,1-2H3/t33-,39?,40?,41?,42+,43-,44-,45+,46?,49-/m1/s1. The first kappa shape index (κ1) is 45.1. The Balaban J connectivity index is 1.26. The van der Waals surface area contributed by atoms with Crippen molar-refractivity contribution in [3.63, 3.8) is 0 Å². The summed E-state index contributed by atoms with van der Waals surface area (Å²) in [6.45, 7) is 2.01. The number of ether oxygens (including phenoxy) is 9. The average molecular weight is 858 g/mol. The summed E-state index contributed by atoms with van der Waals surface area (Å²) >= 11 is 0. The molecule has 0 amide bonds. The van der Waals surface area contributed by atoms with Gasteiger partial charge in [-0.15, -0.1) is 0 Å². The maximum absolute atomic E-state index is 13.7. The molecule has 0 saturated carbocycles. The van der Waals surface area contributed by atoms with Gasteiger partial charge in [0.2, 0.25) is 0 Å².